The van der Waals surface area contributed by atoms with Crippen LogP contribution in [-0.4, -0.2) is 42.5 Å². The molecule has 2 aromatic rings. The first-order valence-corrected chi connectivity index (χ1v) is 8.73. The molecule has 1 saturated heterocycles. The molecule has 0 bridgehead atoms. The van der Waals surface area contributed by atoms with Gasteiger partial charge >= 0.3 is 0 Å². The van der Waals surface area contributed by atoms with Gasteiger partial charge in [0.2, 0.25) is 5.91 Å². The normalized spacial score (nSPS) is 18.6. The maximum atomic E-state index is 13.0. The van der Waals surface area contributed by atoms with Gasteiger partial charge in [-0.3, -0.25) is 9.78 Å². The van der Waals surface area contributed by atoms with E-state index in [9.17, 15) is 4.79 Å². The Hall–Kier alpha value is -2.40. The fraction of sp³-hybridized carbons (Fsp3) is 0.400. The molecule has 0 aliphatic carbocycles. The summed E-state index contributed by atoms with van der Waals surface area (Å²) in [6.45, 7) is 4.35. The molecule has 1 aliphatic rings. The zero-order valence-corrected chi connectivity index (χ0v) is 14.8. The number of nitrogens with one attached hydrogen (secondary N) is 1. The number of methoxy groups -OCH3 is 1. The lowest BCUT2D eigenvalue weighted by atomic mass is 9.96. The number of pyridine rings is 1. The summed E-state index contributed by atoms with van der Waals surface area (Å²) >= 11 is 0. The molecule has 1 fully saturated rings. The van der Waals surface area contributed by atoms with Gasteiger partial charge in [0.15, 0.2) is 0 Å². The number of hydrogen-bond acceptors (Lipinski definition) is 4. The number of amides is 1. The summed E-state index contributed by atoms with van der Waals surface area (Å²) in [6, 6.07) is 11.9. The highest BCUT2D eigenvalue weighted by Crippen LogP contribution is 2.31. The van der Waals surface area contributed by atoms with Gasteiger partial charge in [-0.25, -0.2) is 0 Å². The van der Waals surface area contributed by atoms with Crippen LogP contribution < -0.4 is 10.1 Å². The first-order valence-electron chi connectivity index (χ1n) is 8.73. The quantitative estimate of drug-likeness (QED) is 0.910. The van der Waals surface area contributed by atoms with Gasteiger partial charge in [-0.1, -0.05) is 31.2 Å². The van der Waals surface area contributed by atoms with Crippen LogP contribution in [0.25, 0.3) is 0 Å². The molecule has 5 nitrogen and oxygen atoms in total. The molecule has 5 heteroatoms. The number of ether oxygens (including phenoxy) is 1. The fourth-order valence-corrected chi connectivity index (χ4v) is 3.39. The zero-order chi connectivity index (χ0) is 17.6. The lowest BCUT2D eigenvalue weighted by Crippen LogP contribution is -2.49. The molecule has 25 heavy (non-hydrogen) atoms. The Balaban J connectivity index is 1.77. The van der Waals surface area contributed by atoms with Crippen molar-refractivity contribution in [2.45, 2.75) is 25.3 Å². The van der Waals surface area contributed by atoms with Crippen molar-refractivity contribution in [2.75, 3.05) is 26.7 Å². The van der Waals surface area contributed by atoms with Gasteiger partial charge in [-0.05, 0) is 23.6 Å². The molecule has 1 amide bonds. The van der Waals surface area contributed by atoms with Crippen molar-refractivity contribution < 1.29 is 9.53 Å². The van der Waals surface area contributed by atoms with Crippen molar-refractivity contribution in [1.29, 1.82) is 0 Å². The summed E-state index contributed by atoms with van der Waals surface area (Å²) in [5.74, 6) is 1.15. The van der Waals surface area contributed by atoms with Crippen molar-refractivity contribution >= 4 is 5.91 Å². The molecule has 2 unspecified atom stereocenters. The fourth-order valence-electron chi connectivity index (χ4n) is 3.39. The molecule has 1 aliphatic heterocycles. The van der Waals surface area contributed by atoms with Crippen LogP contribution >= 0.6 is 0 Å². The van der Waals surface area contributed by atoms with Gasteiger partial charge in [-0.15, -0.1) is 0 Å². The van der Waals surface area contributed by atoms with Crippen molar-refractivity contribution in [3.05, 3.63) is 59.9 Å². The van der Waals surface area contributed by atoms with E-state index in [-0.39, 0.29) is 17.9 Å². The van der Waals surface area contributed by atoms with Gasteiger partial charge in [0.25, 0.3) is 0 Å². The smallest absolute Gasteiger partial charge is 0.223 e. The third-order valence-corrected chi connectivity index (χ3v) is 4.80. The summed E-state index contributed by atoms with van der Waals surface area (Å²) in [5, 5.41) is 3.40. The minimum Gasteiger partial charge on any atom is -0.496 e. The Kier molecular flexibility index (Phi) is 5.66. The number of rotatable bonds is 5. The van der Waals surface area contributed by atoms with Gasteiger partial charge in [-0.2, -0.15) is 0 Å². The van der Waals surface area contributed by atoms with E-state index in [1.165, 1.54) is 0 Å². The van der Waals surface area contributed by atoms with Crippen molar-refractivity contribution in [3.8, 4) is 5.75 Å². The Morgan fingerprint density at radius 2 is 2.20 bits per heavy atom. The van der Waals surface area contributed by atoms with Gasteiger partial charge in [0.1, 0.15) is 5.75 Å². The summed E-state index contributed by atoms with van der Waals surface area (Å²) in [7, 11) is 1.67. The molecule has 1 N–H and O–H groups in total. The Morgan fingerprint density at radius 1 is 1.36 bits per heavy atom. The van der Waals surface area contributed by atoms with E-state index in [2.05, 4.69) is 17.2 Å². The molecule has 1 aromatic heterocycles. The minimum atomic E-state index is -0.00139. The highest BCUT2D eigenvalue weighted by molar-refractivity contribution is 5.78. The lowest BCUT2D eigenvalue weighted by Gasteiger charge is -2.37. The number of carbonyl (C=O) groups is 1. The molecule has 0 saturated carbocycles. The number of carbonyl (C=O) groups excluding carboxylic acids is 1. The number of aromatic nitrogens is 1. The van der Waals surface area contributed by atoms with Crippen LogP contribution in [0.5, 0.6) is 5.75 Å². The number of hydrogen-bond donors (Lipinski definition) is 1. The molecule has 0 radical (unpaired) electrons. The summed E-state index contributed by atoms with van der Waals surface area (Å²) in [4.78, 5) is 19.1. The second kappa shape index (κ2) is 8.12. The van der Waals surface area contributed by atoms with Crippen LogP contribution in [0.15, 0.2) is 48.8 Å². The third kappa shape index (κ3) is 3.99. The largest absolute Gasteiger partial charge is 0.496 e. The number of nitrogens with zero attached hydrogens (tertiary/aromatic N) is 2. The predicted molar refractivity (Wildman–Crippen MR) is 97.6 cm³/mol. The maximum Gasteiger partial charge on any atom is 0.223 e. The topological polar surface area (TPSA) is 54.5 Å². The Bertz CT molecular complexity index is 705. The monoisotopic (exact) mass is 339 g/mol. The molecule has 1 aromatic carbocycles. The average Bonchev–Trinajstić information content (AvgIpc) is 2.68. The molecule has 3 rings (SSSR count). The van der Waals surface area contributed by atoms with Gasteiger partial charge in [0.05, 0.1) is 13.2 Å². The van der Waals surface area contributed by atoms with Gasteiger partial charge in [0, 0.05) is 44.0 Å². The SMILES string of the molecule is COc1ccccc1C1CNCCN1C(=O)CC(C)c1cccnc1. The average molecular weight is 339 g/mol. The second-order valence-corrected chi connectivity index (χ2v) is 6.44. The van der Waals surface area contributed by atoms with E-state index in [4.69, 9.17) is 4.74 Å². The molecule has 2 atom stereocenters. The Morgan fingerprint density at radius 3 is 2.96 bits per heavy atom. The summed E-state index contributed by atoms with van der Waals surface area (Å²) in [6.07, 6.45) is 4.08. The van der Waals surface area contributed by atoms with Crippen LogP contribution in [0.2, 0.25) is 0 Å². The number of piperazine rings is 1. The predicted octanol–water partition coefficient (Wildman–Crippen LogP) is 2.76. The maximum absolute atomic E-state index is 13.0. The Labute approximate surface area is 149 Å². The summed E-state index contributed by atoms with van der Waals surface area (Å²) in [5.41, 5.74) is 2.15. The van der Waals surface area contributed by atoms with Crippen LogP contribution in [0, 0.1) is 0 Å². The number of benzene rings is 1. The molecule has 2 heterocycles. The lowest BCUT2D eigenvalue weighted by molar-refractivity contribution is -0.134. The van der Waals surface area contributed by atoms with Crippen LogP contribution in [-0.2, 0) is 4.79 Å². The molecular formula is C20H25N3O2. The molecular weight excluding hydrogens is 314 g/mol. The van der Waals surface area contributed by atoms with Crippen LogP contribution in [0.4, 0.5) is 0 Å². The van der Waals surface area contributed by atoms with Crippen LogP contribution in [0.1, 0.15) is 36.4 Å². The molecule has 0 spiro atoms. The first-order chi connectivity index (χ1) is 12.2. The van der Waals surface area contributed by atoms with E-state index < -0.39 is 0 Å². The highest BCUT2D eigenvalue weighted by atomic mass is 16.5. The van der Waals surface area contributed by atoms with Crippen molar-refractivity contribution in [3.63, 3.8) is 0 Å². The van der Waals surface area contributed by atoms with E-state index in [0.717, 1.165) is 30.0 Å². The molecule has 132 valence electrons. The number of para-hydroxylation sites is 1. The van der Waals surface area contributed by atoms with Gasteiger partial charge < -0.3 is 15.0 Å². The third-order valence-electron chi connectivity index (χ3n) is 4.80. The minimum absolute atomic E-state index is 0.00139. The first kappa shape index (κ1) is 17.4. The standard InChI is InChI=1S/C20H25N3O2/c1-15(16-6-5-9-21-13-16)12-20(24)23-11-10-22-14-18(23)17-7-3-4-8-19(17)25-2/h3-9,13,15,18,22H,10-12,14H2,1-2H3. The second-order valence-electron chi connectivity index (χ2n) is 6.44. The van der Waals surface area contributed by atoms with E-state index in [0.29, 0.717) is 13.0 Å². The van der Waals surface area contributed by atoms with E-state index in [1.807, 2.05) is 47.5 Å². The zero-order valence-electron chi connectivity index (χ0n) is 14.8. The summed E-state index contributed by atoms with van der Waals surface area (Å²) < 4.78 is 5.50. The van der Waals surface area contributed by atoms with E-state index in [1.54, 1.807) is 13.3 Å². The van der Waals surface area contributed by atoms with Crippen molar-refractivity contribution in [1.82, 2.24) is 15.2 Å². The highest BCUT2D eigenvalue weighted by Gasteiger charge is 2.30. The van der Waals surface area contributed by atoms with Crippen molar-refractivity contribution in [2.24, 2.45) is 0 Å². The van der Waals surface area contributed by atoms with E-state index >= 15 is 0 Å². The van der Waals surface area contributed by atoms with Crippen LogP contribution in [0.3, 0.4) is 0 Å².